The van der Waals surface area contributed by atoms with Gasteiger partial charge in [0, 0.05) is 28.6 Å². The maximum atomic E-state index is 9.50. The zero-order valence-corrected chi connectivity index (χ0v) is 10.8. The van der Waals surface area contributed by atoms with Gasteiger partial charge < -0.3 is 15.4 Å². The van der Waals surface area contributed by atoms with Gasteiger partial charge in [0.05, 0.1) is 12.3 Å². The van der Waals surface area contributed by atoms with Crippen LogP contribution in [0, 0.1) is 12.3 Å². The van der Waals surface area contributed by atoms with Crippen molar-refractivity contribution in [2.75, 3.05) is 18.5 Å². The first-order valence-corrected chi connectivity index (χ1v) is 6.66. The number of hydrogen-bond acceptors (Lipinski definition) is 2. The number of anilines is 1. The second-order valence-corrected chi connectivity index (χ2v) is 5.54. The molecule has 1 aromatic heterocycles. The standard InChI is InChI=1S/C15H20N2O/c1-11-14(12-5-2-3-6-13(12)17-11)16-9-15(10-18)7-4-8-15/h2-3,5-6,16-18H,4,7-10H2,1H3. The molecule has 0 atom stereocenters. The Morgan fingerprint density at radius 3 is 2.78 bits per heavy atom. The van der Waals surface area contributed by atoms with E-state index in [1.807, 2.05) is 6.07 Å². The highest BCUT2D eigenvalue weighted by Crippen LogP contribution is 2.41. The van der Waals surface area contributed by atoms with Gasteiger partial charge in [-0.05, 0) is 25.8 Å². The maximum absolute atomic E-state index is 9.50. The maximum Gasteiger partial charge on any atom is 0.0628 e. The van der Waals surface area contributed by atoms with Crippen LogP contribution in [0.25, 0.3) is 10.9 Å². The number of aromatic amines is 1. The van der Waals surface area contributed by atoms with Gasteiger partial charge in [0.25, 0.3) is 0 Å². The molecule has 1 heterocycles. The van der Waals surface area contributed by atoms with Crippen molar-refractivity contribution in [3.63, 3.8) is 0 Å². The third-order valence-corrected chi connectivity index (χ3v) is 4.28. The normalized spacial score (nSPS) is 17.7. The van der Waals surface area contributed by atoms with Crippen molar-refractivity contribution in [2.24, 2.45) is 5.41 Å². The average Bonchev–Trinajstić information content (AvgIpc) is 2.65. The van der Waals surface area contributed by atoms with E-state index in [-0.39, 0.29) is 5.41 Å². The summed E-state index contributed by atoms with van der Waals surface area (Å²) in [6.45, 7) is 3.25. The summed E-state index contributed by atoms with van der Waals surface area (Å²) in [5.74, 6) is 0. The number of aryl methyl sites for hydroxylation is 1. The molecule has 0 unspecified atom stereocenters. The number of nitrogens with one attached hydrogen (secondary N) is 2. The molecular formula is C15H20N2O. The minimum atomic E-state index is 0.116. The largest absolute Gasteiger partial charge is 0.396 e. The molecule has 0 amide bonds. The fourth-order valence-electron chi connectivity index (χ4n) is 2.85. The zero-order chi connectivity index (χ0) is 12.6. The van der Waals surface area contributed by atoms with Gasteiger partial charge in [-0.3, -0.25) is 0 Å². The molecule has 1 saturated carbocycles. The lowest BCUT2D eigenvalue weighted by atomic mass is 9.69. The fourth-order valence-corrected chi connectivity index (χ4v) is 2.85. The third-order valence-electron chi connectivity index (χ3n) is 4.28. The van der Waals surface area contributed by atoms with Crippen molar-refractivity contribution in [1.82, 2.24) is 4.98 Å². The van der Waals surface area contributed by atoms with Crippen LogP contribution >= 0.6 is 0 Å². The predicted octanol–water partition coefficient (Wildman–Crippen LogP) is 3.05. The van der Waals surface area contributed by atoms with E-state index in [0.29, 0.717) is 6.61 Å². The first-order valence-electron chi connectivity index (χ1n) is 6.66. The Morgan fingerprint density at radius 2 is 2.11 bits per heavy atom. The van der Waals surface area contributed by atoms with Gasteiger partial charge in [0.15, 0.2) is 0 Å². The van der Waals surface area contributed by atoms with Gasteiger partial charge in [0.1, 0.15) is 0 Å². The van der Waals surface area contributed by atoms with Crippen molar-refractivity contribution < 1.29 is 5.11 Å². The molecule has 0 bridgehead atoms. The van der Waals surface area contributed by atoms with Crippen molar-refractivity contribution in [2.45, 2.75) is 26.2 Å². The second kappa shape index (κ2) is 4.32. The van der Waals surface area contributed by atoms with Crippen LogP contribution in [-0.4, -0.2) is 23.2 Å². The lowest BCUT2D eigenvalue weighted by molar-refractivity contribution is 0.0576. The van der Waals surface area contributed by atoms with Gasteiger partial charge in [-0.1, -0.05) is 24.6 Å². The molecule has 1 aliphatic rings. The topological polar surface area (TPSA) is 48.0 Å². The van der Waals surface area contributed by atoms with Crippen LogP contribution in [0.3, 0.4) is 0 Å². The van der Waals surface area contributed by atoms with Gasteiger partial charge in [0.2, 0.25) is 0 Å². The van der Waals surface area contributed by atoms with E-state index in [0.717, 1.165) is 19.4 Å². The summed E-state index contributed by atoms with van der Waals surface area (Å²) >= 11 is 0. The second-order valence-electron chi connectivity index (χ2n) is 5.54. The monoisotopic (exact) mass is 244 g/mol. The van der Waals surface area contributed by atoms with Crippen LogP contribution in [-0.2, 0) is 0 Å². The summed E-state index contributed by atoms with van der Waals surface area (Å²) in [4.78, 5) is 3.39. The van der Waals surface area contributed by atoms with Crippen molar-refractivity contribution in [3.8, 4) is 0 Å². The van der Waals surface area contributed by atoms with Gasteiger partial charge in [-0.2, -0.15) is 0 Å². The molecule has 0 spiro atoms. The molecule has 0 saturated heterocycles. The summed E-state index contributed by atoms with van der Waals surface area (Å²) < 4.78 is 0. The highest BCUT2D eigenvalue weighted by molar-refractivity contribution is 5.94. The van der Waals surface area contributed by atoms with E-state index >= 15 is 0 Å². The minimum Gasteiger partial charge on any atom is -0.396 e. The summed E-state index contributed by atoms with van der Waals surface area (Å²) in [5.41, 5.74) is 3.64. The van der Waals surface area contributed by atoms with E-state index in [9.17, 15) is 5.11 Å². The molecule has 3 N–H and O–H groups in total. The molecule has 0 aliphatic heterocycles. The summed E-state index contributed by atoms with van der Waals surface area (Å²) in [5, 5.41) is 14.3. The summed E-state index contributed by atoms with van der Waals surface area (Å²) in [6.07, 6.45) is 3.52. The van der Waals surface area contributed by atoms with E-state index in [1.54, 1.807) is 0 Å². The SMILES string of the molecule is Cc1[nH]c2ccccc2c1NCC1(CO)CCC1. The van der Waals surface area contributed by atoms with Gasteiger partial charge in [-0.15, -0.1) is 0 Å². The van der Waals surface area contributed by atoms with Crippen molar-refractivity contribution in [3.05, 3.63) is 30.0 Å². The summed E-state index contributed by atoms with van der Waals surface area (Å²) in [7, 11) is 0. The lowest BCUT2D eigenvalue weighted by Crippen LogP contribution is -2.39. The first-order chi connectivity index (χ1) is 8.74. The number of rotatable bonds is 4. The molecule has 1 fully saturated rings. The average molecular weight is 244 g/mol. The molecule has 3 rings (SSSR count). The lowest BCUT2D eigenvalue weighted by Gasteiger charge is -2.40. The number of aromatic nitrogens is 1. The highest BCUT2D eigenvalue weighted by Gasteiger charge is 2.36. The molecule has 1 aromatic carbocycles. The van der Waals surface area contributed by atoms with Crippen LogP contribution < -0.4 is 5.32 Å². The van der Waals surface area contributed by atoms with Crippen LogP contribution in [0.5, 0.6) is 0 Å². The van der Waals surface area contributed by atoms with E-state index in [2.05, 4.69) is 35.4 Å². The van der Waals surface area contributed by atoms with E-state index < -0.39 is 0 Å². The zero-order valence-electron chi connectivity index (χ0n) is 10.8. The Kier molecular flexibility index (Phi) is 2.78. The minimum absolute atomic E-state index is 0.116. The molecular weight excluding hydrogens is 224 g/mol. The third kappa shape index (κ3) is 1.79. The Labute approximate surface area is 107 Å². The first kappa shape index (κ1) is 11.6. The predicted molar refractivity (Wildman–Crippen MR) is 74.9 cm³/mol. The number of para-hydroxylation sites is 1. The van der Waals surface area contributed by atoms with E-state index in [1.165, 1.54) is 28.7 Å². The Balaban J connectivity index is 1.84. The van der Waals surface area contributed by atoms with Gasteiger partial charge in [-0.25, -0.2) is 0 Å². The van der Waals surface area contributed by atoms with E-state index in [4.69, 9.17) is 0 Å². The number of aliphatic hydroxyl groups is 1. The number of fused-ring (bicyclic) bond motifs is 1. The number of hydrogen-bond donors (Lipinski definition) is 3. The number of benzene rings is 1. The fraction of sp³-hybridized carbons (Fsp3) is 0.467. The highest BCUT2D eigenvalue weighted by atomic mass is 16.3. The Bertz CT molecular complexity index is 549. The molecule has 3 heteroatoms. The molecule has 0 radical (unpaired) electrons. The van der Waals surface area contributed by atoms with Crippen LogP contribution in [0.2, 0.25) is 0 Å². The molecule has 3 nitrogen and oxygen atoms in total. The number of H-pyrrole nitrogens is 1. The Morgan fingerprint density at radius 1 is 1.33 bits per heavy atom. The van der Waals surface area contributed by atoms with Crippen LogP contribution in [0.15, 0.2) is 24.3 Å². The van der Waals surface area contributed by atoms with Crippen molar-refractivity contribution in [1.29, 1.82) is 0 Å². The van der Waals surface area contributed by atoms with Crippen molar-refractivity contribution >= 4 is 16.6 Å². The quantitative estimate of drug-likeness (QED) is 0.774. The smallest absolute Gasteiger partial charge is 0.0628 e. The number of aliphatic hydroxyl groups excluding tert-OH is 1. The summed E-state index contributed by atoms with van der Waals surface area (Å²) in [6, 6.07) is 8.33. The molecule has 1 aliphatic carbocycles. The molecule has 18 heavy (non-hydrogen) atoms. The Hall–Kier alpha value is -1.48. The van der Waals surface area contributed by atoms with Crippen LogP contribution in [0.4, 0.5) is 5.69 Å². The van der Waals surface area contributed by atoms with Crippen LogP contribution in [0.1, 0.15) is 25.0 Å². The molecule has 96 valence electrons. The van der Waals surface area contributed by atoms with Gasteiger partial charge >= 0.3 is 0 Å². The molecule has 2 aromatic rings.